The Balaban J connectivity index is 1.80. The summed E-state index contributed by atoms with van der Waals surface area (Å²) >= 11 is 0. The topological polar surface area (TPSA) is 76.0 Å². The molecule has 8 nitrogen and oxygen atoms in total. The molecule has 1 N–H and O–H groups in total. The smallest absolute Gasteiger partial charge is 0.318 e. The second kappa shape index (κ2) is 11.4. The number of amides is 3. The Bertz CT molecular complexity index is 1250. The van der Waals surface area contributed by atoms with Gasteiger partial charge >= 0.3 is 6.03 Å². The van der Waals surface area contributed by atoms with E-state index in [1.165, 1.54) is 0 Å². The fourth-order valence-corrected chi connectivity index (χ4v) is 4.79. The Morgan fingerprint density at radius 2 is 1.78 bits per heavy atom. The number of aromatic nitrogens is 1. The average Bonchev–Trinajstić information content (AvgIpc) is 3.40. The highest BCUT2D eigenvalue weighted by Crippen LogP contribution is 2.45. The fraction of sp³-hybridized carbons (Fsp3) is 0.379. The average molecular weight is 505 g/mol. The molecule has 1 unspecified atom stereocenters. The molecule has 0 saturated heterocycles. The van der Waals surface area contributed by atoms with E-state index in [4.69, 9.17) is 9.47 Å². The number of hydrogen-bond donors (Lipinski definition) is 1. The second-order valence-electron chi connectivity index (χ2n) is 9.37. The third-order valence-corrected chi connectivity index (χ3v) is 6.72. The Labute approximate surface area is 218 Å². The quantitative estimate of drug-likeness (QED) is 0.409. The summed E-state index contributed by atoms with van der Waals surface area (Å²) < 4.78 is 13.4. The van der Waals surface area contributed by atoms with Crippen LogP contribution in [0.5, 0.6) is 11.5 Å². The van der Waals surface area contributed by atoms with Crippen LogP contribution >= 0.6 is 0 Å². The summed E-state index contributed by atoms with van der Waals surface area (Å²) in [6.45, 7) is 6.44. The van der Waals surface area contributed by atoms with Crippen molar-refractivity contribution in [3.05, 3.63) is 72.1 Å². The first-order valence-electron chi connectivity index (χ1n) is 12.8. The van der Waals surface area contributed by atoms with Gasteiger partial charge in [0.25, 0.3) is 0 Å². The van der Waals surface area contributed by atoms with Crippen LogP contribution in [0.3, 0.4) is 0 Å². The molecule has 1 aliphatic heterocycles. The number of fused-ring (bicyclic) bond motifs is 3. The Hall–Kier alpha value is -3.94. The standard InChI is InChI=1S/C29H36N4O4/c1-6-7-16-30-29(35)32(20(2)3)19-27(34)33-24-12-9-8-11-23(24)31-17-10-13-25(31)28(33)22-18-21(36-4)14-15-26(22)37-5/h8-15,17-18,20,28H,6-7,16,19H2,1-5H3,(H,30,35). The molecule has 8 heteroatoms. The molecular weight excluding hydrogens is 468 g/mol. The molecule has 0 saturated carbocycles. The third-order valence-electron chi connectivity index (χ3n) is 6.72. The first kappa shape index (κ1) is 26.1. The lowest BCUT2D eigenvalue weighted by Gasteiger charge is -2.40. The van der Waals surface area contributed by atoms with Gasteiger partial charge in [-0.1, -0.05) is 25.5 Å². The number of methoxy groups -OCH3 is 2. The van der Waals surface area contributed by atoms with E-state index in [0.29, 0.717) is 18.0 Å². The molecule has 4 rings (SSSR count). The summed E-state index contributed by atoms with van der Waals surface area (Å²) in [6, 6.07) is 16.5. The monoisotopic (exact) mass is 504 g/mol. The zero-order valence-electron chi connectivity index (χ0n) is 22.2. The molecule has 3 aromatic rings. The number of anilines is 1. The number of ether oxygens (including phenoxy) is 2. The van der Waals surface area contributed by atoms with Gasteiger partial charge in [-0.25, -0.2) is 4.79 Å². The molecule has 1 aromatic heterocycles. The maximum atomic E-state index is 14.2. The summed E-state index contributed by atoms with van der Waals surface area (Å²) in [6.07, 6.45) is 3.87. The van der Waals surface area contributed by atoms with Gasteiger partial charge < -0.3 is 24.3 Å². The van der Waals surface area contributed by atoms with Crippen LogP contribution in [0.1, 0.15) is 50.9 Å². The number of unbranched alkanes of at least 4 members (excludes halogenated alkanes) is 1. The van der Waals surface area contributed by atoms with E-state index in [0.717, 1.165) is 35.5 Å². The minimum absolute atomic E-state index is 0.0621. The Morgan fingerprint density at radius 1 is 1.03 bits per heavy atom. The summed E-state index contributed by atoms with van der Waals surface area (Å²) in [5.74, 6) is 1.13. The van der Waals surface area contributed by atoms with Crippen LogP contribution in [-0.2, 0) is 4.79 Å². The van der Waals surface area contributed by atoms with E-state index in [2.05, 4.69) is 16.8 Å². The van der Waals surface area contributed by atoms with Crippen molar-refractivity contribution in [3.63, 3.8) is 0 Å². The van der Waals surface area contributed by atoms with Gasteiger partial charge in [-0.2, -0.15) is 0 Å². The molecule has 0 aliphatic carbocycles. The van der Waals surface area contributed by atoms with E-state index in [1.54, 1.807) is 24.0 Å². The van der Waals surface area contributed by atoms with Crippen molar-refractivity contribution < 1.29 is 19.1 Å². The van der Waals surface area contributed by atoms with Crippen LogP contribution in [0.2, 0.25) is 0 Å². The molecule has 37 heavy (non-hydrogen) atoms. The lowest BCUT2D eigenvalue weighted by atomic mass is 9.96. The van der Waals surface area contributed by atoms with Gasteiger partial charge in [-0.15, -0.1) is 0 Å². The Kier molecular flexibility index (Phi) is 8.06. The summed E-state index contributed by atoms with van der Waals surface area (Å²) in [4.78, 5) is 30.6. The maximum absolute atomic E-state index is 14.2. The van der Waals surface area contributed by atoms with E-state index in [1.807, 2.05) is 74.6 Å². The van der Waals surface area contributed by atoms with E-state index in [-0.39, 0.29) is 24.5 Å². The summed E-state index contributed by atoms with van der Waals surface area (Å²) in [5.41, 5.74) is 3.38. The highest BCUT2D eigenvalue weighted by molar-refractivity contribution is 6.00. The lowest BCUT2D eigenvalue weighted by molar-refractivity contribution is -0.120. The molecule has 196 valence electrons. The van der Waals surface area contributed by atoms with Crippen LogP contribution in [0.25, 0.3) is 5.69 Å². The highest BCUT2D eigenvalue weighted by Gasteiger charge is 2.38. The molecule has 1 aliphatic rings. The minimum atomic E-state index is -0.486. The van der Waals surface area contributed by atoms with Gasteiger partial charge in [0.05, 0.1) is 31.3 Å². The predicted octanol–water partition coefficient (Wildman–Crippen LogP) is 5.15. The van der Waals surface area contributed by atoms with E-state index < -0.39 is 6.04 Å². The summed E-state index contributed by atoms with van der Waals surface area (Å²) in [5, 5.41) is 2.96. The van der Waals surface area contributed by atoms with Crippen molar-refractivity contribution in [2.24, 2.45) is 0 Å². The van der Waals surface area contributed by atoms with Crippen molar-refractivity contribution in [3.8, 4) is 17.2 Å². The number of benzene rings is 2. The van der Waals surface area contributed by atoms with E-state index >= 15 is 0 Å². The molecule has 0 bridgehead atoms. The molecule has 0 spiro atoms. The molecule has 2 heterocycles. The molecule has 2 aromatic carbocycles. The first-order valence-corrected chi connectivity index (χ1v) is 12.8. The Morgan fingerprint density at radius 3 is 2.46 bits per heavy atom. The molecule has 3 amide bonds. The van der Waals surface area contributed by atoms with Crippen molar-refractivity contribution in [2.75, 3.05) is 32.2 Å². The number of urea groups is 1. The van der Waals surface area contributed by atoms with Crippen LogP contribution < -0.4 is 19.7 Å². The normalized spacial score (nSPS) is 14.1. The number of rotatable bonds is 9. The van der Waals surface area contributed by atoms with Crippen molar-refractivity contribution in [2.45, 2.75) is 45.7 Å². The number of para-hydroxylation sites is 2. The van der Waals surface area contributed by atoms with Gasteiger partial charge in [0.15, 0.2) is 0 Å². The zero-order valence-corrected chi connectivity index (χ0v) is 22.2. The third kappa shape index (κ3) is 5.14. The first-order chi connectivity index (χ1) is 17.9. The van der Waals surface area contributed by atoms with Gasteiger partial charge in [0.2, 0.25) is 5.91 Å². The number of carbonyl (C=O) groups is 2. The fourth-order valence-electron chi connectivity index (χ4n) is 4.79. The van der Waals surface area contributed by atoms with Gasteiger partial charge in [0.1, 0.15) is 24.1 Å². The van der Waals surface area contributed by atoms with Crippen LogP contribution in [0, 0.1) is 0 Å². The summed E-state index contributed by atoms with van der Waals surface area (Å²) in [7, 11) is 3.24. The maximum Gasteiger partial charge on any atom is 0.318 e. The number of nitrogens with zero attached hydrogens (tertiary/aromatic N) is 3. The van der Waals surface area contributed by atoms with Gasteiger partial charge in [-0.3, -0.25) is 9.69 Å². The van der Waals surface area contributed by atoms with Crippen molar-refractivity contribution in [1.29, 1.82) is 0 Å². The second-order valence-corrected chi connectivity index (χ2v) is 9.37. The van der Waals surface area contributed by atoms with Crippen LogP contribution in [0.4, 0.5) is 10.5 Å². The van der Waals surface area contributed by atoms with E-state index in [9.17, 15) is 9.59 Å². The number of nitrogens with one attached hydrogen (secondary N) is 1. The van der Waals surface area contributed by atoms with Crippen LogP contribution in [0.15, 0.2) is 60.8 Å². The molecule has 0 fully saturated rings. The SMILES string of the molecule is CCCCNC(=O)N(CC(=O)N1c2ccccc2-n2cccc2C1c1cc(OC)ccc1OC)C(C)C. The van der Waals surface area contributed by atoms with Crippen LogP contribution in [-0.4, -0.2) is 54.8 Å². The largest absolute Gasteiger partial charge is 0.497 e. The number of hydrogen-bond acceptors (Lipinski definition) is 4. The molecule has 0 radical (unpaired) electrons. The molecular formula is C29H36N4O4. The van der Waals surface area contributed by atoms with Crippen molar-refractivity contribution in [1.82, 2.24) is 14.8 Å². The molecule has 1 atom stereocenters. The minimum Gasteiger partial charge on any atom is -0.497 e. The van der Waals surface area contributed by atoms with Gasteiger partial charge in [-0.05, 0) is 62.7 Å². The lowest BCUT2D eigenvalue weighted by Crippen LogP contribution is -2.51. The number of carbonyl (C=O) groups excluding carboxylic acids is 2. The van der Waals surface area contributed by atoms with Gasteiger partial charge in [0, 0.05) is 24.3 Å². The predicted molar refractivity (Wildman–Crippen MR) is 145 cm³/mol. The van der Waals surface area contributed by atoms with Crippen molar-refractivity contribution >= 4 is 17.6 Å². The highest BCUT2D eigenvalue weighted by atomic mass is 16.5. The zero-order chi connectivity index (χ0) is 26.5.